The standard InChI is InChI=1S/C23H33NO2S/c1-16(2)21-7-6-20(14-17(21)3)26-23(22-15-18(4)27-19(22)5)8-9-24-10-12-25-13-11-24/h6-7,14-16,23H,8-13H2,1-5H3. The van der Waals surface area contributed by atoms with E-state index in [1.807, 2.05) is 11.3 Å². The number of nitrogens with zero attached hydrogens (tertiary/aromatic N) is 1. The summed E-state index contributed by atoms with van der Waals surface area (Å²) in [4.78, 5) is 5.21. The van der Waals surface area contributed by atoms with Gasteiger partial charge in [0.15, 0.2) is 0 Å². The van der Waals surface area contributed by atoms with Gasteiger partial charge in [0.05, 0.1) is 13.2 Å². The Hall–Kier alpha value is -1.36. The van der Waals surface area contributed by atoms with Crippen LogP contribution in [0.25, 0.3) is 0 Å². The van der Waals surface area contributed by atoms with E-state index in [1.54, 1.807) is 0 Å². The molecule has 0 N–H and O–H groups in total. The summed E-state index contributed by atoms with van der Waals surface area (Å²) >= 11 is 1.87. The summed E-state index contributed by atoms with van der Waals surface area (Å²) in [5, 5.41) is 0. The molecule has 27 heavy (non-hydrogen) atoms. The van der Waals surface area contributed by atoms with Crippen molar-refractivity contribution in [1.29, 1.82) is 0 Å². The Morgan fingerprint density at radius 3 is 2.41 bits per heavy atom. The molecule has 4 heteroatoms. The third-order valence-electron chi connectivity index (χ3n) is 5.38. The molecule has 2 aromatic rings. The van der Waals surface area contributed by atoms with Crippen LogP contribution in [0, 0.1) is 20.8 Å². The van der Waals surface area contributed by atoms with Crippen molar-refractivity contribution in [2.24, 2.45) is 0 Å². The second kappa shape index (κ2) is 9.22. The summed E-state index contributed by atoms with van der Waals surface area (Å²) in [6.45, 7) is 15.9. The first-order valence-corrected chi connectivity index (χ1v) is 10.9. The molecule has 1 aliphatic heterocycles. The molecule has 1 unspecified atom stereocenters. The molecule has 3 nitrogen and oxygen atoms in total. The van der Waals surface area contributed by atoms with Crippen molar-refractivity contribution in [3.05, 3.63) is 50.7 Å². The molecule has 1 aromatic heterocycles. The Labute approximate surface area is 168 Å². The molecular formula is C23H33NO2S. The van der Waals surface area contributed by atoms with Crippen LogP contribution in [0.3, 0.4) is 0 Å². The number of aryl methyl sites for hydroxylation is 3. The second-order valence-corrected chi connectivity index (χ2v) is 9.35. The van der Waals surface area contributed by atoms with E-state index in [0.29, 0.717) is 5.92 Å². The number of morpholine rings is 1. The van der Waals surface area contributed by atoms with Crippen molar-refractivity contribution >= 4 is 11.3 Å². The minimum Gasteiger partial charge on any atom is -0.486 e. The van der Waals surface area contributed by atoms with Crippen LogP contribution in [0.4, 0.5) is 0 Å². The van der Waals surface area contributed by atoms with Crippen LogP contribution in [-0.4, -0.2) is 37.7 Å². The monoisotopic (exact) mass is 387 g/mol. The maximum Gasteiger partial charge on any atom is 0.126 e. The van der Waals surface area contributed by atoms with Gasteiger partial charge in [0.1, 0.15) is 11.9 Å². The fourth-order valence-electron chi connectivity index (χ4n) is 3.91. The van der Waals surface area contributed by atoms with Crippen molar-refractivity contribution < 1.29 is 9.47 Å². The Bertz CT molecular complexity index is 747. The molecule has 1 atom stereocenters. The SMILES string of the molecule is Cc1cc(C(CCN2CCOCC2)Oc2ccc(C(C)C)c(C)c2)c(C)s1. The number of ether oxygens (including phenoxy) is 2. The summed E-state index contributed by atoms with van der Waals surface area (Å²) in [5.41, 5.74) is 4.05. The van der Waals surface area contributed by atoms with Crippen LogP contribution < -0.4 is 4.74 Å². The molecule has 0 aliphatic carbocycles. The molecule has 0 spiro atoms. The van der Waals surface area contributed by atoms with Crippen molar-refractivity contribution in [3.8, 4) is 5.75 Å². The minimum absolute atomic E-state index is 0.0992. The first-order valence-electron chi connectivity index (χ1n) is 10.1. The lowest BCUT2D eigenvalue weighted by molar-refractivity contribution is 0.0317. The Morgan fingerprint density at radius 1 is 1.07 bits per heavy atom. The minimum atomic E-state index is 0.0992. The third-order valence-corrected chi connectivity index (χ3v) is 6.36. The van der Waals surface area contributed by atoms with Crippen LogP contribution >= 0.6 is 11.3 Å². The summed E-state index contributed by atoms with van der Waals surface area (Å²) in [5.74, 6) is 1.52. The normalized spacial score (nSPS) is 16.7. The molecule has 1 aromatic carbocycles. The van der Waals surface area contributed by atoms with Crippen molar-refractivity contribution in [3.63, 3.8) is 0 Å². The van der Waals surface area contributed by atoms with Gasteiger partial charge in [-0.2, -0.15) is 0 Å². The maximum absolute atomic E-state index is 6.55. The fourth-order valence-corrected chi connectivity index (χ4v) is 4.88. The molecule has 1 fully saturated rings. The first-order chi connectivity index (χ1) is 12.9. The van der Waals surface area contributed by atoms with E-state index < -0.39 is 0 Å². The summed E-state index contributed by atoms with van der Waals surface area (Å²) in [6.07, 6.45) is 1.10. The molecule has 1 saturated heterocycles. The number of thiophene rings is 1. The number of rotatable bonds is 7. The zero-order valence-electron chi connectivity index (χ0n) is 17.4. The van der Waals surface area contributed by atoms with Gasteiger partial charge in [0.25, 0.3) is 0 Å². The zero-order chi connectivity index (χ0) is 19.4. The highest BCUT2D eigenvalue weighted by Gasteiger charge is 2.21. The first kappa shape index (κ1) is 20.4. The molecule has 0 radical (unpaired) electrons. The fraction of sp³-hybridized carbons (Fsp3) is 0.565. The maximum atomic E-state index is 6.55. The number of benzene rings is 1. The van der Waals surface area contributed by atoms with Crippen molar-refractivity contribution in [2.75, 3.05) is 32.8 Å². The van der Waals surface area contributed by atoms with E-state index >= 15 is 0 Å². The molecule has 2 heterocycles. The number of hydrogen-bond donors (Lipinski definition) is 0. The average molecular weight is 388 g/mol. The summed E-state index contributed by atoms with van der Waals surface area (Å²) < 4.78 is 12.0. The van der Waals surface area contributed by atoms with Crippen LogP contribution in [0.5, 0.6) is 5.75 Å². The third kappa shape index (κ3) is 5.34. The molecular weight excluding hydrogens is 354 g/mol. The van der Waals surface area contributed by atoms with Gasteiger partial charge in [-0.15, -0.1) is 11.3 Å². The van der Waals surface area contributed by atoms with E-state index in [1.165, 1.54) is 26.4 Å². The van der Waals surface area contributed by atoms with Crippen LogP contribution in [0.15, 0.2) is 24.3 Å². The predicted molar refractivity (Wildman–Crippen MR) is 114 cm³/mol. The van der Waals surface area contributed by atoms with Gasteiger partial charge in [0.2, 0.25) is 0 Å². The van der Waals surface area contributed by atoms with Gasteiger partial charge in [-0.05, 0) is 56.0 Å². The van der Waals surface area contributed by atoms with Gasteiger partial charge in [-0.3, -0.25) is 4.90 Å². The molecule has 0 amide bonds. The highest BCUT2D eigenvalue weighted by Crippen LogP contribution is 2.33. The Kier molecular flexibility index (Phi) is 6.96. The highest BCUT2D eigenvalue weighted by atomic mass is 32.1. The van der Waals surface area contributed by atoms with Gasteiger partial charge in [-0.1, -0.05) is 19.9 Å². The summed E-state index contributed by atoms with van der Waals surface area (Å²) in [6, 6.07) is 8.86. The van der Waals surface area contributed by atoms with Gasteiger partial charge < -0.3 is 9.47 Å². The molecule has 3 rings (SSSR count). The molecule has 148 valence electrons. The van der Waals surface area contributed by atoms with E-state index in [-0.39, 0.29) is 6.10 Å². The molecule has 0 saturated carbocycles. The van der Waals surface area contributed by atoms with Crippen LogP contribution in [-0.2, 0) is 4.74 Å². The lowest BCUT2D eigenvalue weighted by atomic mass is 9.98. The lowest BCUT2D eigenvalue weighted by Crippen LogP contribution is -2.37. The number of hydrogen-bond acceptors (Lipinski definition) is 4. The zero-order valence-corrected chi connectivity index (χ0v) is 18.2. The molecule has 1 aliphatic rings. The quantitative estimate of drug-likeness (QED) is 0.614. The van der Waals surface area contributed by atoms with Crippen molar-refractivity contribution in [2.45, 2.75) is 53.1 Å². The van der Waals surface area contributed by atoms with E-state index in [0.717, 1.165) is 45.0 Å². The highest BCUT2D eigenvalue weighted by molar-refractivity contribution is 7.12. The van der Waals surface area contributed by atoms with Gasteiger partial charge in [0, 0.05) is 41.4 Å². The largest absolute Gasteiger partial charge is 0.486 e. The Balaban J connectivity index is 1.76. The second-order valence-electron chi connectivity index (χ2n) is 7.89. The van der Waals surface area contributed by atoms with Crippen LogP contribution in [0.1, 0.15) is 58.7 Å². The van der Waals surface area contributed by atoms with Gasteiger partial charge in [-0.25, -0.2) is 0 Å². The lowest BCUT2D eigenvalue weighted by Gasteiger charge is -2.29. The smallest absolute Gasteiger partial charge is 0.126 e. The van der Waals surface area contributed by atoms with Crippen molar-refractivity contribution in [1.82, 2.24) is 4.90 Å². The van der Waals surface area contributed by atoms with E-state index in [4.69, 9.17) is 9.47 Å². The summed E-state index contributed by atoms with van der Waals surface area (Å²) in [7, 11) is 0. The molecule has 0 bridgehead atoms. The van der Waals surface area contributed by atoms with Crippen LogP contribution in [0.2, 0.25) is 0 Å². The van der Waals surface area contributed by atoms with Gasteiger partial charge >= 0.3 is 0 Å². The van der Waals surface area contributed by atoms with E-state index in [9.17, 15) is 0 Å². The van der Waals surface area contributed by atoms with E-state index in [2.05, 4.69) is 63.8 Å². The Morgan fingerprint density at radius 2 is 1.81 bits per heavy atom. The topological polar surface area (TPSA) is 21.7 Å². The average Bonchev–Trinajstić information content (AvgIpc) is 2.97. The predicted octanol–water partition coefficient (Wildman–Crippen LogP) is 5.64.